The molecule has 5 N–H and O–H groups in total. The van der Waals surface area contributed by atoms with Gasteiger partial charge >= 0.3 is 0 Å². The van der Waals surface area contributed by atoms with Gasteiger partial charge in [-0.25, -0.2) is 0 Å². The SMILES string of the molecule is CC(=O)O.CC(=O)O.CC(=O)O.CC(=O)O.CC(=O)O.[Na].[Na].[Na].[Na].[Na]. The molecule has 10 nitrogen and oxygen atoms in total. The van der Waals surface area contributed by atoms with Crippen LogP contribution in [0, 0.1) is 0 Å². The first-order valence-electron chi connectivity index (χ1n) is 4.64. The van der Waals surface area contributed by atoms with Crippen LogP contribution in [-0.4, -0.2) is 203 Å². The van der Waals surface area contributed by atoms with E-state index in [0.29, 0.717) is 0 Å². The molecule has 0 heterocycles. The van der Waals surface area contributed by atoms with Crippen molar-refractivity contribution in [1.29, 1.82) is 0 Å². The molecule has 5 radical (unpaired) electrons. The first-order chi connectivity index (χ1) is 8.66. The zero-order valence-electron chi connectivity index (χ0n) is 16.8. The molecule has 0 unspecified atom stereocenters. The Bertz CT molecular complexity index is 223. The molecule has 0 aliphatic heterocycles. The van der Waals surface area contributed by atoms with E-state index in [4.69, 9.17) is 49.5 Å². The summed E-state index contributed by atoms with van der Waals surface area (Å²) in [4.78, 5) is 45.0. The smallest absolute Gasteiger partial charge is 0.300 e. The Balaban J connectivity index is -0.0000000134. The number of hydrogen-bond donors (Lipinski definition) is 5. The van der Waals surface area contributed by atoms with Gasteiger partial charge in [0.2, 0.25) is 0 Å². The fraction of sp³-hybridized carbons (Fsp3) is 0.500. The topological polar surface area (TPSA) is 186 Å². The minimum absolute atomic E-state index is 0. The molecule has 0 amide bonds. The molecule has 0 bridgehead atoms. The van der Waals surface area contributed by atoms with Gasteiger partial charge in [0.05, 0.1) is 0 Å². The number of hydrogen-bond acceptors (Lipinski definition) is 5. The van der Waals surface area contributed by atoms with Gasteiger partial charge in [0.25, 0.3) is 29.8 Å². The Hall–Kier alpha value is 2.35. The quantitative estimate of drug-likeness (QED) is 0.293. The summed E-state index contributed by atoms with van der Waals surface area (Å²) in [5.74, 6) is -4.17. The summed E-state index contributed by atoms with van der Waals surface area (Å²) >= 11 is 0. The van der Waals surface area contributed by atoms with Gasteiger partial charge < -0.3 is 25.5 Å². The van der Waals surface area contributed by atoms with Crippen LogP contribution < -0.4 is 0 Å². The molecule has 0 saturated heterocycles. The van der Waals surface area contributed by atoms with Gasteiger partial charge in [0, 0.05) is 182 Å². The second-order valence-electron chi connectivity index (χ2n) is 2.60. The van der Waals surface area contributed by atoms with Gasteiger partial charge in [0.15, 0.2) is 0 Å². The largest absolute Gasteiger partial charge is 0.481 e. The summed E-state index contributed by atoms with van der Waals surface area (Å²) in [6, 6.07) is 0. The van der Waals surface area contributed by atoms with Crippen LogP contribution in [0.3, 0.4) is 0 Å². The molecule has 0 rings (SSSR count). The fourth-order valence-corrected chi connectivity index (χ4v) is 0. The summed E-state index contributed by atoms with van der Waals surface area (Å²) < 4.78 is 0. The molecule has 0 atom stereocenters. The zero-order chi connectivity index (χ0) is 17.9. The van der Waals surface area contributed by atoms with Crippen molar-refractivity contribution in [3.63, 3.8) is 0 Å². The number of aliphatic carboxylic acids is 5. The molecular formula is C10H20Na5O10. The van der Waals surface area contributed by atoms with Crippen LogP contribution in [-0.2, 0) is 24.0 Å². The maximum absolute atomic E-state index is 9.00. The van der Waals surface area contributed by atoms with Crippen LogP contribution in [0.4, 0.5) is 0 Å². The molecule has 0 aromatic rings. The van der Waals surface area contributed by atoms with Crippen LogP contribution in [0.2, 0.25) is 0 Å². The molecule has 0 aliphatic rings. The molecule has 125 valence electrons. The van der Waals surface area contributed by atoms with Gasteiger partial charge in [-0.15, -0.1) is 0 Å². The number of carbonyl (C=O) groups is 5. The first-order valence-corrected chi connectivity index (χ1v) is 4.64. The molecule has 0 aliphatic carbocycles. The standard InChI is InChI=1S/5C2H4O2.5Na/c5*1-2(3)4;;;;;/h5*1H3,(H,3,4);;;;;. The Morgan fingerprint density at radius 3 is 0.360 bits per heavy atom. The number of carboxylic acid groups (broad SMARTS) is 5. The average Bonchev–Trinajstić information content (AvgIpc) is 1.94. The third-order valence-corrected chi connectivity index (χ3v) is 0. The van der Waals surface area contributed by atoms with Crippen molar-refractivity contribution in [3.8, 4) is 0 Å². The second-order valence-corrected chi connectivity index (χ2v) is 2.60. The van der Waals surface area contributed by atoms with Crippen molar-refractivity contribution in [2.75, 3.05) is 0 Å². The first kappa shape index (κ1) is 63.1. The van der Waals surface area contributed by atoms with E-state index >= 15 is 0 Å². The summed E-state index contributed by atoms with van der Waals surface area (Å²) in [6.45, 7) is 5.42. The Morgan fingerprint density at radius 1 is 0.360 bits per heavy atom. The van der Waals surface area contributed by atoms with Crippen LogP contribution in [0.15, 0.2) is 0 Å². The minimum Gasteiger partial charge on any atom is -0.481 e. The molecule has 0 spiro atoms. The Morgan fingerprint density at radius 2 is 0.360 bits per heavy atom. The monoisotopic (exact) mass is 415 g/mol. The fourth-order valence-electron chi connectivity index (χ4n) is 0. The van der Waals surface area contributed by atoms with Crippen molar-refractivity contribution in [2.45, 2.75) is 34.6 Å². The summed E-state index contributed by atoms with van der Waals surface area (Å²) in [6.07, 6.45) is 0. The summed E-state index contributed by atoms with van der Waals surface area (Å²) in [5, 5.41) is 37.1. The van der Waals surface area contributed by atoms with Crippen LogP contribution in [0.1, 0.15) is 34.6 Å². The second kappa shape index (κ2) is 56.3. The molecule has 0 aromatic carbocycles. The van der Waals surface area contributed by atoms with E-state index in [0.717, 1.165) is 34.6 Å². The van der Waals surface area contributed by atoms with Crippen molar-refractivity contribution >= 4 is 178 Å². The van der Waals surface area contributed by atoms with E-state index in [1.54, 1.807) is 0 Å². The molecule has 0 aromatic heterocycles. The van der Waals surface area contributed by atoms with Gasteiger partial charge in [-0.3, -0.25) is 24.0 Å². The van der Waals surface area contributed by atoms with E-state index in [1.807, 2.05) is 0 Å². The maximum atomic E-state index is 9.00. The Kier molecular flexibility index (Phi) is 142. The predicted molar refractivity (Wildman–Crippen MR) is 95.3 cm³/mol. The molecule has 25 heavy (non-hydrogen) atoms. The van der Waals surface area contributed by atoms with E-state index < -0.39 is 29.8 Å². The number of carboxylic acids is 5. The van der Waals surface area contributed by atoms with Gasteiger partial charge in [-0.2, -0.15) is 0 Å². The number of rotatable bonds is 0. The van der Waals surface area contributed by atoms with Crippen LogP contribution >= 0.6 is 0 Å². The minimum atomic E-state index is -0.833. The molecular weight excluding hydrogens is 395 g/mol. The van der Waals surface area contributed by atoms with E-state index in [9.17, 15) is 0 Å². The Labute approximate surface area is 257 Å². The van der Waals surface area contributed by atoms with Gasteiger partial charge in [0.1, 0.15) is 0 Å². The normalized spacial score (nSPS) is 5.00. The van der Waals surface area contributed by atoms with Gasteiger partial charge in [-0.05, 0) is 0 Å². The van der Waals surface area contributed by atoms with E-state index in [1.165, 1.54) is 0 Å². The van der Waals surface area contributed by atoms with Crippen LogP contribution in [0.25, 0.3) is 0 Å². The molecule has 0 fully saturated rings. The summed E-state index contributed by atoms with van der Waals surface area (Å²) in [5.41, 5.74) is 0. The maximum Gasteiger partial charge on any atom is 0.300 e. The third kappa shape index (κ3) is 2830. The molecule has 15 heteroatoms. The van der Waals surface area contributed by atoms with Gasteiger partial charge in [-0.1, -0.05) is 0 Å². The van der Waals surface area contributed by atoms with Crippen molar-refractivity contribution in [3.05, 3.63) is 0 Å². The van der Waals surface area contributed by atoms with Crippen molar-refractivity contribution < 1.29 is 49.5 Å². The van der Waals surface area contributed by atoms with Crippen molar-refractivity contribution in [2.24, 2.45) is 0 Å². The van der Waals surface area contributed by atoms with Crippen molar-refractivity contribution in [1.82, 2.24) is 0 Å². The van der Waals surface area contributed by atoms with E-state index in [-0.39, 0.29) is 148 Å². The molecule has 0 saturated carbocycles. The van der Waals surface area contributed by atoms with Crippen LogP contribution in [0.5, 0.6) is 0 Å². The summed E-state index contributed by atoms with van der Waals surface area (Å²) in [7, 11) is 0. The third-order valence-electron chi connectivity index (χ3n) is 0. The zero-order valence-corrected chi connectivity index (χ0v) is 26.8. The predicted octanol–water partition coefficient (Wildman–Crippen LogP) is -1.45. The van der Waals surface area contributed by atoms with E-state index in [2.05, 4.69) is 0 Å². The average molecular weight is 415 g/mol.